The van der Waals surface area contributed by atoms with E-state index in [1.807, 2.05) is 0 Å². The number of hydrogen-bond acceptors (Lipinski definition) is 4. The van der Waals surface area contributed by atoms with Gasteiger partial charge < -0.3 is 9.84 Å². The molecule has 5 heteroatoms. The summed E-state index contributed by atoms with van der Waals surface area (Å²) < 4.78 is 18.0. The van der Waals surface area contributed by atoms with Crippen molar-refractivity contribution in [1.29, 1.82) is 0 Å². The zero-order chi connectivity index (χ0) is 12.4. The Hall–Kier alpha value is -1.75. The van der Waals surface area contributed by atoms with Gasteiger partial charge in [-0.2, -0.15) is 4.98 Å². The summed E-state index contributed by atoms with van der Waals surface area (Å²) in [5.41, 5.74) is 0.750. The second-order valence-corrected chi connectivity index (χ2v) is 4.59. The monoisotopic (exact) mass is 247 g/mol. The number of halogens is 1. The summed E-state index contributed by atoms with van der Waals surface area (Å²) in [5, 5.41) is 7.28. The number of hydrogen-bond donors (Lipinski definition) is 1. The standard InChI is InChI=1S/C13H14FN3O/c14-11-3-1-10(2-4-11)13-16-12(17-18-13)7-9-5-6-15-8-9/h1-4,9,15H,5-8H2/t9-/m1/s1. The van der Waals surface area contributed by atoms with Gasteiger partial charge in [0, 0.05) is 12.0 Å². The fourth-order valence-corrected chi connectivity index (χ4v) is 2.19. The van der Waals surface area contributed by atoms with E-state index in [-0.39, 0.29) is 5.82 Å². The van der Waals surface area contributed by atoms with E-state index < -0.39 is 0 Å². The van der Waals surface area contributed by atoms with Crippen molar-refractivity contribution in [2.24, 2.45) is 5.92 Å². The minimum atomic E-state index is -0.268. The smallest absolute Gasteiger partial charge is 0.257 e. The maximum Gasteiger partial charge on any atom is 0.257 e. The largest absolute Gasteiger partial charge is 0.334 e. The van der Waals surface area contributed by atoms with Crippen molar-refractivity contribution in [2.75, 3.05) is 13.1 Å². The lowest BCUT2D eigenvalue weighted by atomic mass is 10.1. The topological polar surface area (TPSA) is 51.0 Å². The van der Waals surface area contributed by atoms with Gasteiger partial charge in [0.05, 0.1) is 0 Å². The van der Waals surface area contributed by atoms with E-state index in [4.69, 9.17) is 4.52 Å². The summed E-state index contributed by atoms with van der Waals surface area (Å²) in [5.74, 6) is 1.50. The highest BCUT2D eigenvalue weighted by Crippen LogP contribution is 2.19. The molecule has 2 aromatic rings. The van der Waals surface area contributed by atoms with Crippen molar-refractivity contribution in [3.05, 3.63) is 35.9 Å². The van der Waals surface area contributed by atoms with Crippen LogP contribution in [0.2, 0.25) is 0 Å². The van der Waals surface area contributed by atoms with E-state index in [1.165, 1.54) is 12.1 Å². The Morgan fingerprint density at radius 2 is 2.17 bits per heavy atom. The zero-order valence-electron chi connectivity index (χ0n) is 9.90. The third-order valence-corrected chi connectivity index (χ3v) is 3.19. The number of benzene rings is 1. The van der Waals surface area contributed by atoms with E-state index in [9.17, 15) is 4.39 Å². The Morgan fingerprint density at radius 3 is 2.89 bits per heavy atom. The van der Waals surface area contributed by atoms with Crippen molar-refractivity contribution in [2.45, 2.75) is 12.8 Å². The van der Waals surface area contributed by atoms with Crippen LogP contribution in [0.25, 0.3) is 11.5 Å². The highest BCUT2D eigenvalue weighted by atomic mass is 19.1. The van der Waals surface area contributed by atoms with Crippen LogP contribution in [-0.4, -0.2) is 23.2 Å². The average Bonchev–Trinajstić information content (AvgIpc) is 3.02. The maximum atomic E-state index is 12.8. The summed E-state index contributed by atoms with van der Waals surface area (Å²) in [6, 6.07) is 6.06. The van der Waals surface area contributed by atoms with Gasteiger partial charge in [-0.1, -0.05) is 5.16 Å². The lowest BCUT2D eigenvalue weighted by Gasteiger charge is -2.01. The summed E-state index contributed by atoms with van der Waals surface area (Å²) in [4.78, 5) is 4.35. The average molecular weight is 247 g/mol. The van der Waals surface area contributed by atoms with Crippen LogP contribution < -0.4 is 5.32 Å². The van der Waals surface area contributed by atoms with E-state index in [0.717, 1.165) is 37.3 Å². The van der Waals surface area contributed by atoms with Gasteiger partial charge in [0.25, 0.3) is 5.89 Å². The molecule has 0 saturated carbocycles. The van der Waals surface area contributed by atoms with E-state index >= 15 is 0 Å². The van der Waals surface area contributed by atoms with Crippen LogP contribution >= 0.6 is 0 Å². The molecule has 0 bridgehead atoms. The zero-order valence-corrected chi connectivity index (χ0v) is 9.90. The Kier molecular flexibility index (Phi) is 3.06. The molecule has 1 aromatic carbocycles. The molecule has 1 aromatic heterocycles. The minimum absolute atomic E-state index is 0.268. The summed E-state index contributed by atoms with van der Waals surface area (Å²) in [7, 11) is 0. The highest BCUT2D eigenvalue weighted by molar-refractivity contribution is 5.52. The van der Waals surface area contributed by atoms with Gasteiger partial charge in [0.2, 0.25) is 0 Å². The summed E-state index contributed by atoms with van der Waals surface area (Å²) in [6.07, 6.45) is 1.98. The molecule has 0 aliphatic carbocycles. The van der Waals surface area contributed by atoms with E-state index in [1.54, 1.807) is 12.1 Å². The van der Waals surface area contributed by atoms with Gasteiger partial charge in [-0.15, -0.1) is 0 Å². The molecule has 1 atom stereocenters. The van der Waals surface area contributed by atoms with Crippen LogP contribution in [0.15, 0.2) is 28.8 Å². The molecular formula is C13H14FN3O. The van der Waals surface area contributed by atoms with Crippen molar-refractivity contribution >= 4 is 0 Å². The predicted molar refractivity (Wildman–Crippen MR) is 64.4 cm³/mol. The Morgan fingerprint density at radius 1 is 1.33 bits per heavy atom. The molecule has 1 fully saturated rings. The number of nitrogens with zero attached hydrogens (tertiary/aromatic N) is 2. The molecule has 1 saturated heterocycles. The normalized spacial score (nSPS) is 19.3. The quantitative estimate of drug-likeness (QED) is 0.901. The summed E-state index contributed by atoms with van der Waals surface area (Å²) in [6.45, 7) is 2.08. The first-order chi connectivity index (χ1) is 8.81. The molecular weight excluding hydrogens is 233 g/mol. The van der Waals surface area contributed by atoms with Crippen molar-refractivity contribution in [1.82, 2.24) is 15.5 Å². The molecule has 1 aliphatic rings. The van der Waals surface area contributed by atoms with Gasteiger partial charge in [0.15, 0.2) is 5.82 Å². The number of rotatable bonds is 3. The molecule has 18 heavy (non-hydrogen) atoms. The van der Waals surface area contributed by atoms with Crippen LogP contribution in [0.5, 0.6) is 0 Å². The number of aromatic nitrogens is 2. The Bertz CT molecular complexity index is 517. The fraction of sp³-hybridized carbons (Fsp3) is 0.385. The molecule has 3 rings (SSSR count). The van der Waals surface area contributed by atoms with E-state index in [2.05, 4.69) is 15.5 Å². The second-order valence-electron chi connectivity index (χ2n) is 4.59. The van der Waals surface area contributed by atoms with Crippen LogP contribution in [0.1, 0.15) is 12.2 Å². The van der Waals surface area contributed by atoms with Gasteiger partial charge in [-0.05, 0) is 49.7 Å². The Balaban J connectivity index is 1.74. The van der Waals surface area contributed by atoms with Gasteiger partial charge in [-0.3, -0.25) is 0 Å². The molecule has 0 unspecified atom stereocenters. The van der Waals surface area contributed by atoms with Gasteiger partial charge >= 0.3 is 0 Å². The molecule has 0 amide bonds. The first kappa shape index (κ1) is 11.3. The third-order valence-electron chi connectivity index (χ3n) is 3.19. The molecule has 0 spiro atoms. The highest BCUT2D eigenvalue weighted by Gasteiger charge is 2.18. The lowest BCUT2D eigenvalue weighted by Crippen LogP contribution is -2.11. The van der Waals surface area contributed by atoms with Crippen LogP contribution in [-0.2, 0) is 6.42 Å². The molecule has 0 radical (unpaired) electrons. The van der Waals surface area contributed by atoms with Crippen molar-refractivity contribution < 1.29 is 8.91 Å². The molecule has 1 N–H and O–H groups in total. The van der Waals surface area contributed by atoms with Crippen LogP contribution in [0.3, 0.4) is 0 Å². The van der Waals surface area contributed by atoms with Crippen LogP contribution in [0.4, 0.5) is 4.39 Å². The molecule has 1 aliphatic heterocycles. The number of nitrogens with one attached hydrogen (secondary N) is 1. The SMILES string of the molecule is Fc1ccc(-c2nc(C[C@H]3CCNC3)no2)cc1. The lowest BCUT2D eigenvalue weighted by molar-refractivity contribution is 0.415. The van der Waals surface area contributed by atoms with Crippen molar-refractivity contribution in [3.8, 4) is 11.5 Å². The summed E-state index contributed by atoms with van der Waals surface area (Å²) >= 11 is 0. The first-order valence-electron chi connectivity index (χ1n) is 6.10. The molecule has 94 valence electrons. The van der Waals surface area contributed by atoms with Crippen molar-refractivity contribution in [3.63, 3.8) is 0 Å². The molecule has 4 nitrogen and oxygen atoms in total. The predicted octanol–water partition coefficient (Wildman–Crippen LogP) is 2.03. The van der Waals surface area contributed by atoms with Gasteiger partial charge in [-0.25, -0.2) is 4.39 Å². The third kappa shape index (κ3) is 2.41. The maximum absolute atomic E-state index is 12.8. The molecule has 2 heterocycles. The van der Waals surface area contributed by atoms with Gasteiger partial charge in [0.1, 0.15) is 5.82 Å². The van der Waals surface area contributed by atoms with Crippen LogP contribution in [0, 0.1) is 11.7 Å². The second kappa shape index (κ2) is 4.86. The first-order valence-corrected chi connectivity index (χ1v) is 6.10. The van der Waals surface area contributed by atoms with E-state index in [0.29, 0.717) is 11.8 Å². The minimum Gasteiger partial charge on any atom is -0.334 e. The Labute approximate surface area is 104 Å². The fourth-order valence-electron chi connectivity index (χ4n) is 2.19.